The predicted octanol–water partition coefficient (Wildman–Crippen LogP) is 0.884. The molecule has 1 rings (SSSR count). The lowest BCUT2D eigenvalue weighted by Gasteiger charge is -2.34. The molecule has 82 valence electrons. The highest BCUT2D eigenvalue weighted by Crippen LogP contribution is 2.16. The number of nitrogens with one attached hydrogen (secondary N) is 1. The fourth-order valence-electron chi connectivity index (χ4n) is 1.12. The van der Waals surface area contributed by atoms with Gasteiger partial charge >= 0.3 is 6.09 Å². The summed E-state index contributed by atoms with van der Waals surface area (Å²) in [4.78, 5) is 11.0. The molecule has 0 aromatic heterocycles. The second-order valence-electron chi connectivity index (χ2n) is 3.58. The SMILES string of the molecule is CCOC(=O)NC1COC(C)(C)OC1. The molecule has 5 heteroatoms. The Morgan fingerprint density at radius 1 is 1.50 bits per heavy atom. The van der Waals surface area contributed by atoms with Crippen molar-refractivity contribution < 1.29 is 19.0 Å². The number of hydrogen-bond donors (Lipinski definition) is 1. The van der Waals surface area contributed by atoms with Crippen LogP contribution < -0.4 is 5.32 Å². The Balaban J connectivity index is 2.25. The van der Waals surface area contributed by atoms with Crippen molar-refractivity contribution in [1.82, 2.24) is 5.32 Å². The Labute approximate surface area is 83.7 Å². The first-order chi connectivity index (χ1) is 6.53. The van der Waals surface area contributed by atoms with E-state index in [1.165, 1.54) is 0 Å². The van der Waals surface area contributed by atoms with Gasteiger partial charge in [-0.05, 0) is 20.8 Å². The zero-order valence-electron chi connectivity index (χ0n) is 8.83. The first-order valence-corrected chi connectivity index (χ1v) is 4.74. The van der Waals surface area contributed by atoms with E-state index in [-0.39, 0.29) is 6.04 Å². The van der Waals surface area contributed by atoms with E-state index in [1.54, 1.807) is 6.92 Å². The van der Waals surface area contributed by atoms with Gasteiger partial charge in [0.1, 0.15) is 0 Å². The second kappa shape index (κ2) is 4.61. The van der Waals surface area contributed by atoms with Gasteiger partial charge in [-0.1, -0.05) is 0 Å². The molecule has 1 heterocycles. The van der Waals surface area contributed by atoms with Crippen LogP contribution in [0.1, 0.15) is 20.8 Å². The minimum atomic E-state index is -0.549. The van der Waals surface area contributed by atoms with E-state index in [2.05, 4.69) is 5.32 Å². The Kier molecular flexibility index (Phi) is 3.71. The van der Waals surface area contributed by atoms with E-state index in [0.29, 0.717) is 19.8 Å². The van der Waals surface area contributed by atoms with Crippen molar-refractivity contribution in [1.29, 1.82) is 0 Å². The van der Waals surface area contributed by atoms with Crippen LogP contribution in [0.3, 0.4) is 0 Å². The molecule has 0 aliphatic carbocycles. The molecule has 0 radical (unpaired) electrons. The Morgan fingerprint density at radius 2 is 2.07 bits per heavy atom. The van der Waals surface area contributed by atoms with Crippen LogP contribution in [0, 0.1) is 0 Å². The molecule has 0 aromatic rings. The molecule has 1 aliphatic rings. The van der Waals surface area contributed by atoms with E-state index in [1.807, 2.05) is 13.8 Å². The van der Waals surface area contributed by atoms with Gasteiger partial charge in [-0.25, -0.2) is 4.79 Å². The largest absolute Gasteiger partial charge is 0.450 e. The number of hydrogen-bond acceptors (Lipinski definition) is 4. The third-order valence-electron chi connectivity index (χ3n) is 1.86. The summed E-state index contributed by atoms with van der Waals surface area (Å²) in [6.07, 6.45) is -0.426. The Bertz CT molecular complexity index is 195. The molecule has 1 aliphatic heterocycles. The van der Waals surface area contributed by atoms with Gasteiger partial charge in [0.05, 0.1) is 25.9 Å². The lowest BCUT2D eigenvalue weighted by molar-refractivity contribution is -0.252. The smallest absolute Gasteiger partial charge is 0.407 e. The average Bonchev–Trinajstić information content (AvgIpc) is 2.09. The van der Waals surface area contributed by atoms with Crippen LogP contribution in [0.2, 0.25) is 0 Å². The maximum atomic E-state index is 11.0. The first kappa shape index (κ1) is 11.3. The van der Waals surface area contributed by atoms with E-state index < -0.39 is 11.9 Å². The molecule has 1 saturated heterocycles. The van der Waals surface area contributed by atoms with Crippen LogP contribution in [0.5, 0.6) is 0 Å². The zero-order valence-corrected chi connectivity index (χ0v) is 8.83. The van der Waals surface area contributed by atoms with Crippen LogP contribution in [0.25, 0.3) is 0 Å². The Hall–Kier alpha value is -0.810. The van der Waals surface area contributed by atoms with Gasteiger partial charge in [0.15, 0.2) is 5.79 Å². The summed E-state index contributed by atoms with van der Waals surface area (Å²) in [7, 11) is 0. The van der Waals surface area contributed by atoms with Crippen LogP contribution >= 0.6 is 0 Å². The van der Waals surface area contributed by atoms with E-state index in [9.17, 15) is 4.79 Å². The molecule has 0 aromatic carbocycles. The van der Waals surface area contributed by atoms with Crippen LogP contribution in [-0.2, 0) is 14.2 Å². The van der Waals surface area contributed by atoms with Crippen molar-refractivity contribution >= 4 is 6.09 Å². The number of ether oxygens (including phenoxy) is 3. The van der Waals surface area contributed by atoms with Gasteiger partial charge in [-0.2, -0.15) is 0 Å². The van der Waals surface area contributed by atoms with Gasteiger partial charge in [0, 0.05) is 0 Å². The molecule has 0 unspecified atom stereocenters. The molecule has 0 spiro atoms. The van der Waals surface area contributed by atoms with Crippen LogP contribution in [0.15, 0.2) is 0 Å². The monoisotopic (exact) mass is 203 g/mol. The number of carbonyl (C=O) groups excluding carboxylic acids is 1. The third kappa shape index (κ3) is 3.51. The summed E-state index contributed by atoms with van der Waals surface area (Å²) < 4.78 is 15.5. The van der Waals surface area contributed by atoms with Crippen molar-refractivity contribution in [3.8, 4) is 0 Å². The summed E-state index contributed by atoms with van der Waals surface area (Å²) in [5.74, 6) is -0.549. The van der Waals surface area contributed by atoms with Gasteiger partial charge in [-0.15, -0.1) is 0 Å². The number of amides is 1. The Morgan fingerprint density at radius 3 is 2.57 bits per heavy atom. The second-order valence-corrected chi connectivity index (χ2v) is 3.58. The van der Waals surface area contributed by atoms with Crippen molar-refractivity contribution in [2.45, 2.75) is 32.6 Å². The van der Waals surface area contributed by atoms with E-state index in [4.69, 9.17) is 14.2 Å². The summed E-state index contributed by atoms with van der Waals surface area (Å²) in [6, 6.07) is -0.123. The van der Waals surface area contributed by atoms with Crippen LogP contribution in [0.4, 0.5) is 4.79 Å². The minimum Gasteiger partial charge on any atom is -0.450 e. The van der Waals surface area contributed by atoms with Crippen LogP contribution in [-0.4, -0.2) is 37.7 Å². The zero-order chi connectivity index (χ0) is 10.6. The van der Waals surface area contributed by atoms with E-state index in [0.717, 1.165) is 0 Å². The fraction of sp³-hybridized carbons (Fsp3) is 0.889. The summed E-state index contributed by atoms with van der Waals surface area (Å²) in [6.45, 7) is 6.71. The predicted molar refractivity (Wildman–Crippen MR) is 49.9 cm³/mol. The summed E-state index contributed by atoms with van der Waals surface area (Å²) in [5.41, 5.74) is 0. The lowest BCUT2D eigenvalue weighted by atomic mass is 10.2. The summed E-state index contributed by atoms with van der Waals surface area (Å²) in [5, 5.41) is 2.65. The quantitative estimate of drug-likeness (QED) is 0.724. The first-order valence-electron chi connectivity index (χ1n) is 4.74. The normalized spacial score (nSPS) is 21.6. The van der Waals surface area contributed by atoms with Gasteiger partial charge in [-0.3, -0.25) is 0 Å². The molecule has 1 N–H and O–H groups in total. The van der Waals surface area contributed by atoms with Crippen molar-refractivity contribution in [3.63, 3.8) is 0 Å². The molecule has 0 bridgehead atoms. The third-order valence-corrected chi connectivity index (χ3v) is 1.86. The highest BCUT2D eigenvalue weighted by atomic mass is 16.7. The number of carbonyl (C=O) groups is 1. The highest BCUT2D eigenvalue weighted by molar-refractivity contribution is 5.67. The molecule has 1 fully saturated rings. The molecule has 1 amide bonds. The molecule has 0 atom stereocenters. The molecular weight excluding hydrogens is 186 g/mol. The topological polar surface area (TPSA) is 56.8 Å². The van der Waals surface area contributed by atoms with Crippen molar-refractivity contribution in [2.24, 2.45) is 0 Å². The van der Waals surface area contributed by atoms with E-state index >= 15 is 0 Å². The average molecular weight is 203 g/mol. The van der Waals surface area contributed by atoms with Crippen molar-refractivity contribution in [2.75, 3.05) is 19.8 Å². The number of rotatable bonds is 2. The highest BCUT2D eigenvalue weighted by Gasteiger charge is 2.29. The standard InChI is InChI=1S/C9H17NO4/c1-4-12-8(11)10-7-5-13-9(2,3)14-6-7/h7H,4-6H2,1-3H3,(H,10,11). The van der Waals surface area contributed by atoms with Gasteiger partial charge in [0.25, 0.3) is 0 Å². The molecule has 0 saturated carbocycles. The molecular formula is C9H17NO4. The van der Waals surface area contributed by atoms with Gasteiger partial charge < -0.3 is 19.5 Å². The van der Waals surface area contributed by atoms with Gasteiger partial charge in [0.2, 0.25) is 0 Å². The number of alkyl carbamates (subject to hydrolysis) is 1. The fourth-order valence-corrected chi connectivity index (χ4v) is 1.12. The maximum absolute atomic E-state index is 11.0. The molecule has 14 heavy (non-hydrogen) atoms. The lowest BCUT2D eigenvalue weighted by Crippen LogP contribution is -2.50. The maximum Gasteiger partial charge on any atom is 0.407 e. The minimum absolute atomic E-state index is 0.123. The van der Waals surface area contributed by atoms with Crippen molar-refractivity contribution in [3.05, 3.63) is 0 Å². The molecule has 5 nitrogen and oxygen atoms in total. The summed E-state index contributed by atoms with van der Waals surface area (Å²) >= 11 is 0.